The van der Waals surface area contributed by atoms with E-state index in [1.54, 1.807) is 24.1 Å². The summed E-state index contributed by atoms with van der Waals surface area (Å²) < 4.78 is 23.5. The van der Waals surface area contributed by atoms with Crippen LogP contribution in [0.2, 0.25) is 0 Å². The highest BCUT2D eigenvalue weighted by Gasteiger charge is 2.26. The molecule has 1 aliphatic rings. The van der Waals surface area contributed by atoms with Gasteiger partial charge in [-0.3, -0.25) is 9.59 Å². The molecule has 27 heavy (non-hydrogen) atoms. The van der Waals surface area contributed by atoms with Crippen LogP contribution in [0.5, 0.6) is 0 Å². The van der Waals surface area contributed by atoms with Crippen LogP contribution in [-0.4, -0.2) is 43.5 Å². The first-order valence-electron chi connectivity index (χ1n) is 8.97. The number of carbonyl (C=O) groups excluding carboxylic acids is 2. The Morgan fingerprint density at radius 1 is 1.26 bits per heavy atom. The molecule has 1 atom stereocenters. The number of amides is 2. The van der Waals surface area contributed by atoms with Crippen molar-refractivity contribution in [2.75, 3.05) is 26.7 Å². The largest absolute Gasteiger partial charge is 0.453 e. The zero-order valence-corrected chi connectivity index (χ0v) is 15.2. The zero-order chi connectivity index (χ0) is 19.2. The molecule has 144 valence electrons. The van der Waals surface area contributed by atoms with Crippen LogP contribution < -0.4 is 5.32 Å². The van der Waals surface area contributed by atoms with Crippen molar-refractivity contribution >= 4 is 11.8 Å². The lowest BCUT2D eigenvalue weighted by Gasteiger charge is -2.32. The highest BCUT2D eigenvalue weighted by Crippen LogP contribution is 2.19. The predicted molar refractivity (Wildman–Crippen MR) is 96.8 cm³/mol. The topological polar surface area (TPSA) is 71.8 Å². The molecule has 7 heteroatoms. The van der Waals surface area contributed by atoms with Crippen molar-refractivity contribution in [1.29, 1.82) is 0 Å². The molecule has 1 aromatic heterocycles. The molecule has 6 nitrogen and oxygen atoms in total. The summed E-state index contributed by atoms with van der Waals surface area (Å²) in [5, 5.41) is 2.87. The van der Waals surface area contributed by atoms with Crippen LogP contribution in [0.15, 0.2) is 40.8 Å². The Morgan fingerprint density at radius 3 is 2.78 bits per heavy atom. The molecule has 0 unspecified atom stereocenters. The number of ether oxygens (including phenoxy) is 1. The summed E-state index contributed by atoms with van der Waals surface area (Å²) in [4.78, 5) is 26.5. The van der Waals surface area contributed by atoms with Gasteiger partial charge in [-0.2, -0.15) is 0 Å². The fraction of sp³-hybridized carbons (Fsp3) is 0.400. The van der Waals surface area contributed by atoms with E-state index in [4.69, 9.17) is 9.15 Å². The Balaban J connectivity index is 1.53. The van der Waals surface area contributed by atoms with Gasteiger partial charge >= 0.3 is 0 Å². The van der Waals surface area contributed by atoms with E-state index in [0.717, 1.165) is 12.8 Å². The van der Waals surface area contributed by atoms with Crippen molar-refractivity contribution in [2.45, 2.75) is 19.4 Å². The second-order valence-corrected chi connectivity index (χ2v) is 6.68. The van der Waals surface area contributed by atoms with Gasteiger partial charge in [0.05, 0.1) is 0 Å². The molecular formula is C20H23FN2O4. The van der Waals surface area contributed by atoms with Crippen LogP contribution in [0.1, 0.15) is 39.5 Å². The molecule has 1 fully saturated rings. The van der Waals surface area contributed by atoms with Crippen LogP contribution >= 0.6 is 0 Å². The van der Waals surface area contributed by atoms with Crippen molar-refractivity contribution in [2.24, 2.45) is 5.92 Å². The summed E-state index contributed by atoms with van der Waals surface area (Å²) in [6.07, 6.45) is 1.80. The molecule has 1 aromatic carbocycles. The number of piperidine rings is 1. The number of methoxy groups -OCH3 is 1. The third-order valence-corrected chi connectivity index (χ3v) is 4.62. The van der Waals surface area contributed by atoms with E-state index < -0.39 is 0 Å². The first-order chi connectivity index (χ1) is 13.1. The highest BCUT2D eigenvalue weighted by molar-refractivity contribution is 5.94. The van der Waals surface area contributed by atoms with E-state index in [1.165, 1.54) is 24.3 Å². The molecule has 2 aromatic rings. The Morgan fingerprint density at radius 2 is 2.04 bits per heavy atom. The molecule has 0 bridgehead atoms. The Labute approximate surface area is 157 Å². The number of likely N-dealkylation sites (tertiary alicyclic amines) is 1. The minimum Gasteiger partial charge on any atom is -0.453 e. The van der Waals surface area contributed by atoms with E-state index in [-0.39, 0.29) is 23.5 Å². The molecule has 3 rings (SSSR count). The fourth-order valence-electron chi connectivity index (χ4n) is 3.23. The number of furan rings is 1. The molecule has 2 heterocycles. The zero-order valence-electron chi connectivity index (χ0n) is 15.2. The van der Waals surface area contributed by atoms with E-state index in [1.807, 2.05) is 0 Å². The Kier molecular flexibility index (Phi) is 6.24. The van der Waals surface area contributed by atoms with E-state index in [9.17, 15) is 14.0 Å². The molecule has 0 spiro atoms. The molecule has 1 N–H and O–H groups in total. The quantitative estimate of drug-likeness (QED) is 0.844. The average Bonchev–Trinajstić information content (AvgIpc) is 3.15. The number of nitrogens with one attached hydrogen (secondary N) is 1. The predicted octanol–water partition coefficient (Wildman–Crippen LogP) is 2.85. The summed E-state index contributed by atoms with van der Waals surface area (Å²) >= 11 is 0. The van der Waals surface area contributed by atoms with E-state index >= 15 is 0 Å². The molecule has 0 radical (unpaired) electrons. The summed E-state index contributed by atoms with van der Waals surface area (Å²) in [6.45, 7) is 2.02. The SMILES string of the molecule is COCc1ccc(C(=O)N2CCC[C@H](CNC(=O)c3ccc(F)cc3)C2)o1. The molecule has 1 aliphatic heterocycles. The van der Waals surface area contributed by atoms with Crippen LogP contribution in [0, 0.1) is 11.7 Å². The summed E-state index contributed by atoms with van der Waals surface area (Å²) in [7, 11) is 1.57. The van der Waals surface area contributed by atoms with Gasteiger partial charge in [0, 0.05) is 32.3 Å². The van der Waals surface area contributed by atoms with Gasteiger partial charge in [0.25, 0.3) is 11.8 Å². The van der Waals surface area contributed by atoms with Gasteiger partial charge in [-0.1, -0.05) is 0 Å². The lowest BCUT2D eigenvalue weighted by atomic mass is 9.97. The Bertz CT molecular complexity index is 788. The highest BCUT2D eigenvalue weighted by atomic mass is 19.1. The number of hydrogen-bond acceptors (Lipinski definition) is 4. The minimum atomic E-state index is -0.375. The van der Waals surface area contributed by atoms with Crippen molar-refractivity contribution in [1.82, 2.24) is 10.2 Å². The first-order valence-corrected chi connectivity index (χ1v) is 8.97. The van der Waals surface area contributed by atoms with E-state index in [0.29, 0.717) is 43.3 Å². The van der Waals surface area contributed by atoms with Crippen LogP contribution in [0.25, 0.3) is 0 Å². The van der Waals surface area contributed by atoms with Crippen LogP contribution in [-0.2, 0) is 11.3 Å². The second kappa shape index (κ2) is 8.81. The van der Waals surface area contributed by atoms with Crippen molar-refractivity contribution in [3.8, 4) is 0 Å². The fourth-order valence-corrected chi connectivity index (χ4v) is 3.23. The maximum atomic E-state index is 12.9. The van der Waals surface area contributed by atoms with Crippen molar-refractivity contribution in [3.63, 3.8) is 0 Å². The van der Waals surface area contributed by atoms with Gasteiger partial charge in [-0.25, -0.2) is 4.39 Å². The Hall–Kier alpha value is -2.67. The number of halogens is 1. The van der Waals surface area contributed by atoms with Crippen LogP contribution in [0.3, 0.4) is 0 Å². The summed E-state index contributed by atoms with van der Waals surface area (Å²) in [5.41, 5.74) is 0.418. The first kappa shape index (κ1) is 19.1. The van der Waals surface area contributed by atoms with Crippen molar-refractivity contribution < 1.29 is 23.1 Å². The number of hydrogen-bond donors (Lipinski definition) is 1. The second-order valence-electron chi connectivity index (χ2n) is 6.68. The number of rotatable bonds is 6. The van der Waals surface area contributed by atoms with E-state index in [2.05, 4.69) is 5.32 Å². The van der Waals surface area contributed by atoms with Crippen LogP contribution in [0.4, 0.5) is 4.39 Å². The molecular weight excluding hydrogens is 351 g/mol. The van der Waals surface area contributed by atoms with Gasteiger partial charge in [0.2, 0.25) is 0 Å². The molecule has 2 amide bonds. The maximum Gasteiger partial charge on any atom is 0.289 e. The third-order valence-electron chi connectivity index (χ3n) is 4.62. The average molecular weight is 374 g/mol. The van der Waals surface area contributed by atoms with Gasteiger partial charge in [-0.15, -0.1) is 0 Å². The number of benzene rings is 1. The minimum absolute atomic E-state index is 0.146. The van der Waals surface area contributed by atoms with Gasteiger partial charge < -0.3 is 19.4 Å². The smallest absolute Gasteiger partial charge is 0.289 e. The normalized spacial score (nSPS) is 17.0. The molecule has 0 aliphatic carbocycles. The maximum absolute atomic E-state index is 12.9. The number of carbonyl (C=O) groups is 2. The molecule has 1 saturated heterocycles. The lowest BCUT2D eigenvalue weighted by Crippen LogP contribution is -2.43. The van der Waals surface area contributed by atoms with Gasteiger partial charge in [0.15, 0.2) is 5.76 Å². The van der Waals surface area contributed by atoms with Gasteiger partial charge in [-0.05, 0) is 55.2 Å². The third kappa shape index (κ3) is 4.95. The molecule has 0 saturated carbocycles. The summed E-state index contributed by atoms with van der Waals surface area (Å²) in [5.74, 6) is 0.319. The number of nitrogens with zero attached hydrogens (tertiary/aromatic N) is 1. The monoisotopic (exact) mass is 374 g/mol. The summed E-state index contributed by atoms with van der Waals surface area (Å²) in [6, 6.07) is 8.83. The van der Waals surface area contributed by atoms with Crippen molar-refractivity contribution in [3.05, 3.63) is 59.3 Å². The lowest BCUT2D eigenvalue weighted by molar-refractivity contribution is 0.0632. The standard InChI is InChI=1S/C20H23FN2O4/c1-26-13-17-8-9-18(27-17)20(25)23-10-2-3-14(12-23)11-22-19(24)15-4-6-16(21)7-5-15/h4-9,14H,2-3,10-13H2,1H3,(H,22,24)/t14-/m1/s1. The van der Waals surface area contributed by atoms with Gasteiger partial charge in [0.1, 0.15) is 18.2 Å².